The Hall–Kier alpha value is -1.69. The standard InChI is InChI=1S/C13H17N3O2S/c1-8-2-5-10(14)11(6-8)19-7-12(17)16-13(18)15-9-3-4-9/h2,5-6,9H,3-4,7,14H2,1H3,(H2,15,16,17,18). The topological polar surface area (TPSA) is 84.2 Å². The molecule has 6 heteroatoms. The van der Waals surface area contributed by atoms with Crippen molar-refractivity contribution in [1.82, 2.24) is 10.6 Å². The number of hydrogen-bond acceptors (Lipinski definition) is 4. The van der Waals surface area contributed by atoms with Crippen molar-refractivity contribution in [1.29, 1.82) is 0 Å². The molecule has 1 fully saturated rings. The minimum Gasteiger partial charge on any atom is -0.398 e. The number of nitrogens with two attached hydrogens (primary N) is 1. The molecule has 0 unspecified atom stereocenters. The summed E-state index contributed by atoms with van der Waals surface area (Å²) in [5.41, 5.74) is 7.55. The Labute approximate surface area is 116 Å². The number of carbonyl (C=O) groups is 2. The summed E-state index contributed by atoms with van der Waals surface area (Å²) in [4.78, 5) is 23.8. The predicted molar refractivity (Wildman–Crippen MR) is 76.0 cm³/mol. The molecule has 102 valence electrons. The number of carbonyl (C=O) groups excluding carboxylic acids is 2. The zero-order chi connectivity index (χ0) is 13.8. The van der Waals surface area contributed by atoms with Gasteiger partial charge in [0.05, 0.1) is 5.75 Å². The van der Waals surface area contributed by atoms with Crippen molar-refractivity contribution in [3.63, 3.8) is 0 Å². The van der Waals surface area contributed by atoms with E-state index in [1.807, 2.05) is 25.1 Å². The van der Waals surface area contributed by atoms with Gasteiger partial charge in [-0.2, -0.15) is 0 Å². The summed E-state index contributed by atoms with van der Waals surface area (Å²) >= 11 is 1.33. The van der Waals surface area contributed by atoms with Crippen molar-refractivity contribution in [2.45, 2.75) is 30.7 Å². The molecule has 5 nitrogen and oxygen atoms in total. The molecule has 1 aliphatic carbocycles. The molecule has 3 amide bonds. The van der Waals surface area contributed by atoms with Crippen LogP contribution in [0.3, 0.4) is 0 Å². The van der Waals surface area contributed by atoms with Crippen LogP contribution in [-0.2, 0) is 4.79 Å². The molecule has 0 aromatic heterocycles. The smallest absolute Gasteiger partial charge is 0.321 e. The molecule has 0 aliphatic heterocycles. The normalized spacial score (nSPS) is 13.9. The number of anilines is 1. The Morgan fingerprint density at radius 1 is 1.42 bits per heavy atom. The lowest BCUT2D eigenvalue weighted by Crippen LogP contribution is -2.41. The number of hydrogen-bond donors (Lipinski definition) is 3. The fourth-order valence-electron chi connectivity index (χ4n) is 1.52. The van der Waals surface area contributed by atoms with Gasteiger partial charge in [0, 0.05) is 16.6 Å². The summed E-state index contributed by atoms with van der Waals surface area (Å²) in [7, 11) is 0. The van der Waals surface area contributed by atoms with Gasteiger partial charge >= 0.3 is 6.03 Å². The fourth-order valence-corrected chi connectivity index (χ4v) is 2.38. The summed E-state index contributed by atoms with van der Waals surface area (Å²) < 4.78 is 0. The number of rotatable bonds is 4. The average molecular weight is 279 g/mol. The van der Waals surface area contributed by atoms with E-state index in [2.05, 4.69) is 10.6 Å². The van der Waals surface area contributed by atoms with E-state index in [4.69, 9.17) is 5.73 Å². The molecule has 1 aliphatic rings. The molecule has 0 saturated heterocycles. The van der Waals surface area contributed by atoms with Crippen LogP contribution in [0.25, 0.3) is 0 Å². The third kappa shape index (κ3) is 4.48. The minimum absolute atomic E-state index is 0.172. The van der Waals surface area contributed by atoms with Gasteiger partial charge < -0.3 is 11.1 Å². The van der Waals surface area contributed by atoms with Gasteiger partial charge in [-0.3, -0.25) is 10.1 Å². The van der Waals surface area contributed by atoms with Gasteiger partial charge in [0.25, 0.3) is 0 Å². The number of benzene rings is 1. The van der Waals surface area contributed by atoms with Gasteiger partial charge in [0.15, 0.2) is 0 Å². The van der Waals surface area contributed by atoms with Gasteiger partial charge in [0.1, 0.15) is 0 Å². The first-order valence-corrected chi connectivity index (χ1v) is 7.12. The molecule has 4 N–H and O–H groups in total. The molecule has 0 bridgehead atoms. The van der Waals surface area contributed by atoms with Crippen LogP contribution < -0.4 is 16.4 Å². The van der Waals surface area contributed by atoms with Gasteiger partial charge in [0.2, 0.25) is 5.91 Å². The van der Waals surface area contributed by atoms with Gasteiger partial charge in [-0.25, -0.2) is 4.79 Å². The lowest BCUT2D eigenvalue weighted by molar-refractivity contribution is -0.117. The van der Waals surface area contributed by atoms with Crippen molar-refractivity contribution >= 4 is 29.4 Å². The van der Waals surface area contributed by atoms with E-state index in [-0.39, 0.29) is 17.7 Å². The molecule has 0 atom stereocenters. The first-order valence-electron chi connectivity index (χ1n) is 6.14. The zero-order valence-electron chi connectivity index (χ0n) is 10.7. The van der Waals surface area contributed by atoms with E-state index in [9.17, 15) is 9.59 Å². The van der Waals surface area contributed by atoms with Gasteiger partial charge in [-0.05, 0) is 37.5 Å². The molecular formula is C13H17N3O2S. The third-order valence-corrected chi connectivity index (χ3v) is 3.76. The highest BCUT2D eigenvalue weighted by Gasteiger charge is 2.23. The van der Waals surface area contributed by atoms with E-state index in [1.54, 1.807) is 0 Å². The predicted octanol–water partition coefficient (Wildman–Crippen LogP) is 1.66. The Bertz CT molecular complexity index is 501. The number of amides is 3. The molecule has 2 rings (SSSR count). The Kier molecular flexibility index (Phi) is 4.31. The molecule has 1 saturated carbocycles. The molecule has 19 heavy (non-hydrogen) atoms. The van der Waals surface area contributed by atoms with Crippen LogP contribution in [0.5, 0.6) is 0 Å². The molecule has 1 aromatic carbocycles. The molecule has 1 aromatic rings. The quantitative estimate of drug-likeness (QED) is 0.578. The molecular weight excluding hydrogens is 262 g/mol. The summed E-state index contributed by atoms with van der Waals surface area (Å²) in [5, 5.41) is 5.00. The first-order chi connectivity index (χ1) is 9.04. The number of nitrogens with one attached hydrogen (secondary N) is 2. The van der Waals surface area contributed by atoms with Gasteiger partial charge in [-0.1, -0.05) is 6.07 Å². The first kappa shape index (κ1) is 13.7. The van der Waals surface area contributed by atoms with Crippen LogP contribution >= 0.6 is 11.8 Å². The Balaban J connectivity index is 1.78. The van der Waals surface area contributed by atoms with E-state index >= 15 is 0 Å². The Morgan fingerprint density at radius 3 is 2.84 bits per heavy atom. The van der Waals surface area contributed by atoms with Crippen molar-refractivity contribution in [3.8, 4) is 0 Å². The van der Waals surface area contributed by atoms with E-state index < -0.39 is 6.03 Å². The highest BCUT2D eigenvalue weighted by Crippen LogP contribution is 2.25. The van der Waals surface area contributed by atoms with Crippen molar-refractivity contribution in [2.24, 2.45) is 0 Å². The lowest BCUT2D eigenvalue weighted by atomic mass is 10.2. The highest BCUT2D eigenvalue weighted by molar-refractivity contribution is 8.00. The second kappa shape index (κ2) is 5.97. The summed E-state index contributed by atoms with van der Waals surface area (Å²) in [6.07, 6.45) is 1.99. The maximum atomic E-state index is 11.6. The molecule has 0 spiro atoms. The Morgan fingerprint density at radius 2 is 2.16 bits per heavy atom. The van der Waals surface area contributed by atoms with Crippen molar-refractivity contribution in [2.75, 3.05) is 11.5 Å². The largest absolute Gasteiger partial charge is 0.398 e. The number of imide groups is 1. The second-order valence-corrected chi connectivity index (χ2v) is 5.64. The number of thioether (sulfide) groups is 1. The molecule has 0 radical (unpaired) electrons. The maximum absolute atomic E-state index is 11.6. The number of nitrogen functional groups attached to an aromatic ring is 1. The van der Waals surface area contributed by atoms with E-state index in [0.29, 0.717) is 5.69 Å². The van der Waals surface area contributed by atoms with Crippen LogP contribution in [-0.4, -0.2) is 23.7 Å². The zero-order valence-corrected chi connectivity index (χ0v) is 11.5. The fraction of sp³-hybridized carbons (Fsp3) is 0.385. The third-order valence-electron chi connectivity index (χ3n) is 2.69. The number of urea groups is 1. The highest BCUT2D eigenvalue weighted by atomic mass is 32.2. The monoisotopic (exact) mass is 279 g/mol. The van der Waals surface area contributed by atoms with Gasteiger partial charge in [-0.15, -0.1) is 11.8 Å². The molecule has 0 heterocycles. The summed E-state index contributed by atoms with van der Waals surface area (Å²) in [6.45, 7) is 1.96. The van der Waals surface area contributed by atoms with Crippen LogP contribution in [0.2, 0.25) is 0 Å². The lowest BCUT2D eigenvalue weighted by Gasteiger charge is -2.07. The summed E-state index contributed by atoms with van der Waals surface area (Å²) in [6, 6.07) is 5.49. The maximum Gasteiger partial charge on any atom is 0.321 e. The van der Waals surface area contributed by atoms with Crippen LogP contribution in [0.4, 0.5) is 10.5 Å². The van der Waals surface area contributed by atoms with Crippen LogP contribution in [0.15, 0.2) is 23.1 Å². The second-order valence-electron chi connectivity index (χ2n) is 4.63. The van der Waals surface area contributed by atoms with Crippen LogP contribution in [0.1, 0.15) is 18.4 Å². The minimum atomic E-state index is -0.412. The SMILES string of the molecule is Cc1ccc(N)c(SCC(=O)NC(=O)NC2CC2)c1. The average Bonchev–Trinajstić information content (AvgIpc) is 3.14. The summed E-state index contributed by atoms with van der Waals surface area (Å²) in [5.74, 6) is -0.143. The van der Waals surface area contributed by atoms with Crippen LogP contribution in [0, 0.1) is 6.92 Å². The van der Waals surface area contributed by atoms with E-state index in [1.165, 1.54) is 11.8 Å². The van der Waals surface area contributed by atoms with E-state index in [0.717, 1.165) is 23.3 Å². The van der Waals surface area contributed by atoms with Crippen molar-refractivity contribution in [3.05, 3.63) is 23.8 Å². The van der Waals surface area contributed by atoms with Crippen molar-refractivity contribution < 1.29 is 9.59 Å². The number of aryl methyl sites for hydroxylation is 1.